The van der Waals surface area contributed by atoms with Crippen LogP contribution in [0.25, 0.3) is 0 Å². The lowest BCUT2D eigenvalue weighted by molar-refractivity contribution is -0.273. The molecule has 0 radical (unpaired) electrons. The Hall–Kier alpha value is -0.120. The van der Waals surface area contributed by atoms with Crippen LogP contribution in [-0.2, 0) is 9.47 Å². The van der Waals surface area contributed by atoms with Crippen LogP contribution in [0.5, 0.6) is 0 Å². The normalized spacial score (nSPS) is 62.5. The van der Waals surface area contributed by atoms with E-state index in [9.17, 15) is 5.11 Å². The third-order valence-corrected chi connectivity index (χ3v) is 11.9. The zero-order chi connectivity index (χ0) is 20.9. The number of fused-ring (bicyclic) bond motifs is 7. The van der Waals surface area contributed by atoms with E-state index in [2.05, 4.69) is 27.7 Å². The Morgan fingerprint density at radius 2 is 1.63 bits per heavy atom. The molecule has 3 nitrogen and oxygen atoms in total. The van der Waals surface area contributed by atoms with Gasteiger partial charge in [-0.1, -0.05) is 27.7 Å². The van der Waals surface area contributed by atoms with Gasteiger partial charge in [-0.3, -0.25) is 0 Å². The summed E-state index contributed by atoms with van der Waals surface area (Å²) in [5.41, 5.74) is 0.899. The molecule has 4 saturated carbocycles. The fourth-order valence-electron chi connectivity index (χ4n) is 10.3. The van der Waals surface area contributed by atoms with Gasteiger partial charge in [-0.05, 0) is 104 Å². The predicted molar refractivity (Wildman–Crippen MR) is 118 cm³/mol. The third kappa shape index (κ3) is 2.61. The number of aliphatic hydroxyl groups is 1. The number of rotatable bonds is 0. The highest BCUT2D eigenvalue weighted by Gasteiger charge is 2.69. The number of hydrogen-bond acceptors (Lipinski definition) is 3. The maximum Gasteiger partial charge on any atom is 0.171 e. The molecule has 0 aromatic rings. The molecule has 1 spiro atoms. The standard InChI is InChI=1S/C27H44O3/c1-16-7-12-27(29-15-16)17(2)24-23(30-27)14-22-20-6-5-18-13-19(28)8-10-25(18,3)21(20)9-11-26(22,24)4/h16-24,28H,5-15H2,1-4H3/t16-,17-,18+,19-,20?,21?,22?,23?,24?,25?,26?,27+/m0/s1. The molecular weight excluding hydrogens is 372 g/mol. The monoisotopic (exact) mass is 416 g/mol. The van der Waals surface area contributed by atoms with Gasteiger partial charge in [0.2, 0.25) is 0 Å². The van der Waals surface area contributed by atoms with Gasteiger partial charge in [0.15, 0.2) is 5.79 Å². The van der Waals surface area contributed by atoms with Crippen LogP contribution in [0, 0.1) is 52.3 Å². The Morgan fingerprint density at radius 1 is 0.833 bits per heavy atom. The van der Waals surface area contributed by atoms with Gasteiger partial charge < -0.3 is 14.6 Å². The van der Waals surface area contributed by atoms with E-state index >= 15 is 0 Å². The molecule has 170 valence electrons. The van der Waals surface area contributed by atoms with Crippen LogP contribution in [0.15, 0.2) is 0 Å². The highest BCUT2D eigenvalue weighted by atomic mass is 16.7. The maximum atomic E-state index is 10.3. The van der Waals surface area contributed by atoms with Crippen molar-refractivity contribution in [3.63, 3.8) is 0 Å². The first-order valence-corrected chi connectivity index (χ1v) is 13.3. The van der Waals surface area contributed by atoms with Gasteiger partial charge >= 0.3 is 0 Å². The Balaban J connectivity index is 1.26. The second kappa shape index (κ2) is 6.70. The molecule has 6 fully saturated rings. The average Bonchev–Trinajstić information content (AvgIpc) is 3.16. The van der Waals surface area contributed by atoms with E-state index in [1.54, 1.807) is 0 Å². The first-order chi connectivity index (χ1) is 14.3. The van der Waals surface area contributed by atoms with Gasteiger partial charge in [-0.15, -0.1) is 0 Å². The van der Waals surface area contributed by atoms with Gasteiger partial charge in [0.25, 0.3) is 0 Å². The number of hydrogen-bond donors (Lipinski definition) is 1. The molecule has 0 bridgehead atoms. The SMILES string of the molecule is C[C@H]1CC[C@@]2(OC1)OC1CC3C4CC[C@@H]5C[C@@H](O)CCC5(C)C4CCC3(C)C1[C@@H]2C. The average molecular weight is 417 g/mol. The maximum absolute atomic E-state index is 10.3. The molecule has 30 heavy (non-hydrogen) atoms. The van der Waals surface area contributed by atoms with Crippen LogP contribution in [0.1, 0.15) is 91.9 Å². The summed E-state index contributed by atoms with van der Waals surface area (Å²) in [4.78, 5) is 0. The van der Waals surface area contributed by atoms with Crippen molar-refractivity contribution < 1.29 is 14.6 Å². The molecule has 2 saturated heterocycles. The van der Waals surface area contributed by atoms with Crippen molar-refractivity contribution in [2.45, 2.75) is 110 Å². The zero-order valence-corrected chi connectivity index (χ0v) is 19.7. The molecule has 2 aliphatic heterocycles. The zero-order valence-electron chi connectivity index (χ0n) is 19.7. The number of aliphatic hydroxyl groups excluding tert-OH is 1. The van der Waals surface area contributed by atoms with Crippen LogP contribution in [0.4, 0.5) is 0 Å². The second-order valence-corrected chi connectivity index (χ2v) is 13.1. The van der Waals surface area contributed by atoms with Crippen LogP contribution in [-0.4, -0.2) is 29.7 Å². The molecule has 3 heteroatoms. The summed E-state index contributed by atoms with van der Waals surface area (Å²) >= 11 is 0. The highest BCUT2D eigenvalue weighted by molar-refractivity contribution is 5.15. The lowest BCUT2D eigenvalue weighted by Crippen LogP contribution is -2.55. The first kappa shape index (κ1) is 20.5. The predicted octanol–water partition coefficient (Wildman–Crippen LogP) is 5.79. The van der Waals surface area contributed by atoms with E-state index in [4.69, 9.17) is 9.47 Å². The van der Waals surface area contributed by atoms with Gasteiger partial charge in [-0.25, -0.2) is 0 Å². The lowest BCUT2D eigenvalue weighted by Gasteiger charge is -2.61. The van der Waals surface area contributed by atoms with Crippen LogP contribution >= 0.6 is 0 Å². The van der Waals surface area contributed by atoms with E-state index in [-0.39, 0.29) is 11.9 Å². The summed E-state index contributed by atoms with van der Waals surface area (Å²) in [5.74, 6) is 4.93. The summed E-state index contributed by atoms with van der Waals surface area (Å²) in [6.45, 7) is 10.9. The Morgan fingerprint density at radius 3 is 2.40 bits per heavy atom. The molecule has 12 atom stereocenters. The van der Waals surface area contributed by atoms with Crippen molar-refractivity contribution in [2.75, 3.05) is 6.61 Å². The van der Waals surface area contributed by atoms with Gasteiger partial charge in [0.05, 0.1) is 18.8 Å². The minimum Gasteiger partial charge on any atom is -0.393 e. The lowest BCUT2D eigenvalue weighted by atomic mass is 9.44. The molecule has 0 amide bonds. The van der Waals surface area contributed by atoms with Gasteiger partial charge in [0, 0.05) is 12.3 Å². The molecule has 0 aromatic heterocycles. The minimum absolute atomic E-state index is 0.0389. The third-order valence-electron chi connectivity index (χ3n) is 11.9. The van der Waals surface area contributed by atoms with E-state index < -0.39 is 0 Å². The van der Waals surface area contributed by atoms with Crippen LogP contribution in [0.3, 0.4) is 0 Å². The molecule has 2 heterocycles. The quantitative estimate of drug-likeness (QED) is 0.543. The van der Waals surface area contributed by atoms with Crippen LogP contribution < -0.4 is 0 Å². The smallest absolute Gasteiger partial charge is 0.171 e. The van der Waals surface area contributed by atoms with E-state index in [0.717, 1.165) is 49.5 Å². The van der Waals surface area contributed by atoms with Gasteiger partial charge in [0.1, 0.15) is 0 Å². The molecule has 1 N–H and O–H groups in total. The Kier molecular flexibility index (Phi) is 4.58. The fraction of sp³-hybridized carbons (Fsp3) is 1.00. The van der Waals surface area contributed by atoms with Crippen molar-refractivity contribution in [3.05, 3.63) is 0 Å². The fourth-order valence-corrected chi connectivity index (χ4v) is 10.3. The summed E-state index contributed by atoms with van der Waals surface area (Å²) in [6, 6.07) is 0. The first-order valence-electron chi connectivity index (χ1n) is 13.3. The van der Waals surface area contributed by atoms with Crippen molar-refractivity contribution in [3.8, 4) is 0 Å². The van der Waals surface area contributed by atoms with E-state index in [0.29, 0.717) is 34.7 Å². The van der Waals surface area contributed by atoms with E-state index in [1.807, 2.05) is 0 Å². The molecule has 6 rings (SSSR count). The van der Waals surface area contributed by atoms with Crippen molar-refractivity contribution in [2.24, 2.45) is 52.3 Å². The summed E-state index contributed by atoms with van der Waals surface area (Å²) in [5, 5.41) is 10.3. The topological polar surface area (TPSA) is 38.7 Å². The highest BCUT2D eigenvalue weighted by Crippen LogP contribution is 2.71. The molecule has 6 aliphatic rings. The summed E-state index contributed by atoms with van der Waals surface area (Å²) < 4.78 is 13.4. The van der Waals surface area contributed by atoms with Crippen LogP contribution in [0.2, 0.25) is 0 Å². The second-order valence-electron chi connectivity index (χ2n) is 13.1. The van der Waals surface area contributed by atoms with Crippen molar-refractivity contribution in [1.82, 2.24) is 0 Å². The Labute approximate surface area is 183 Å². The van der Waals surface area contributed by atoms with Crippen molar-refractivity contribution in [1.29, 1.82) is 0 Å². The Bertz CT molecular complexity index is 684. The van der Waals surface area contributed by atoms with Crippen molar-refractivity contribution >= 4 is 0 Å². The summed E-state index contributed by atoms with van der Waals surface area (Å²) in [6.07, 6.45) is 12.9. The largest absolute Gasteiger partial charge is 0.393 e. The molecule has 4 aliphatic carbocycles. The molecular formula is C27H44O3. The number of ether oxygens (including phenoxy) is 2. The van der Waals surface area contributed by atoms with E-state index in [1.165, 1.54) is 44.9 Å². The van der Waals surface area contributed by atoms with Gasteiger partial charge in [-0.2, -0.15) is 0 Å². The minimum atomic E-state index is -0.282. The molecule has 0 aromatic carbocycles. The molecule has 7 unspecified atom stereocenters. The summed E-state index contributed by atoms with van der Waals surface area (Å²) in [7, 11) is 0.